The summed E-state index contributed by atoms with van der Waals surface area (Å²) in [6.45, 7) is 2.19. The van der Waals surface area contributed by atoms with Crippen molar-refractivity contribution in [3.63, 3.8) is 0 Å². The van der Waals surface area contributed by atoms with Crippen molar-refractivity contribution in [1.82, 2.24) is 10.3 Å². The SMILES string of the molecule is CCC1CCCCC1NC(=O)c1cc(N)ccn1. The van der Waals surface area contributed by atoms with Gasteiger partial charge in [-0.05, 0) is 30.9 Å². The van der Waals surface area contributed by atoms with E-state index in [2.05, 4.69) is 17.2 Å². The van der Waals surface area contributed by atoms with E-state index in [1.807, 2.05) is 0 Å². The predicted octanol–water partition coefficient (Wildman–Crippen LogP) is 2.36. The Balaban J connectivity index is 2.02. The van der Waals surface area contributed by atoms with Crippen LogP contribution in [0.5, 0.6) is 0 Å². The molecule has 1 fully saturated rings. The van der Waals surface area contributed by atoms with Crippen LogP contribution >= 0.6 is 0 Å². The predicted molar refractivity (Wildman–Crippen MR) is 72.2 cm³/mol. The van der Waals surface area contributed by atoms with Crippen molar-refractivity contribution in [1.29, 1.82) is 0 Å². The topological polar surface area (TPSA) is 68.0 Å². The van der Waals surface area contributed by atoms with Gasteiger partial charge < -0.3 is 11.1 Å². The lowest BCUT2D eigenvalue weighted by molar-refractivity contribution is 0.0899. The third-order valence-electron chi connectivity index (χ3n) is 3.77. The second kappa shape index (κ2) is 5.85. The summed E-state index contributed by atoms with van der Waals surface area (Å²) in [4.78, 5) is 16.2. The number of nitrogens with one attached hydrogen (secondary N) is 1. The Morgan fingerprint density at radius 2 is 2.28 bits per heavy atom. The minimum atomic E-state index is -0.104. The Morgan fingerprint density at radius 1 is 1.50 bits per heavy atom. The number of anilines is 1. The van der Waals surface area contributed by atoms with Gasteiger partial charge in [0.05, 0.1) is 0 Å². The molecule has 2 unspecified atom stereocenters. The number of hydrogen-bond donors (Lipinski definition) is 2. The van der Waals surface area contributed by atoms with Crippen LogP contribution in [0, 0.1) is 5.92 Å². The molecule has 98 valence electrons. The molecule has 0 spiro atoms. The zero-order valence-electron chi connectivity index (χ0n) is 10.9. The maximum atomic E-state index is 12.1. The summed E-state index contributed by atoms with van der Waals surface area (Å²) in [7, 11) is 0. The molecule has 2 atom stereocenters. The number of hydrogen-bond acceptors (Lipinski definition) is 3. The summed E-state index contributed by atoms with van der Waals surface area (Å²) in [5, 5.41) is 3.11. The Bertz CT molecular complexity index is 419. The normalized spacial score (nSPS) is 23.6. The van der Waals surface area contributed by atoms with Crippen LogP contribution in [0.1, 0.15) is 49.5 Å². The number of pyridine rings is 1. The van der Waals surface area contributed by atoms with E-state index < -0.39 is 0 Å². The first-order valence-corrected chi connectivity index (χ1v) is 6.73. The van der Waals surface area contributed by atoms with Gasteiger partial charge in [0.1, 0.15) is 5.69 Å². The highest BCUT2D eigenvalue weighted by Gasteiger charge is 2.25. The molecule has 4 nitrogen and oxygen atoms in total. The van der Waals surface area contributed by atoms with Crippen LogP contribution in [-0.4, -0.2) is 16.9 Å². The average molecular weight is 247 g/mol. The number of nitrogen functional groups attached to an aromatic ring is 1. The Hall–Kier alpha value is -1.58. The minimum Gasteiger partial charge on any atom is -0.399 e. The summed E-state index contributed by atoms with van der Waals surface area (Å²) in [5.41, 5.74) is 6.65. The molecule has 1 saturated carbocycles. The number of carbonyl (C=O) groups is 1. The van der Waals surface area contributed by atoms with Crippen molar-refractivity contribution in [2.75, 3.05) is 5.73 Å². The third kappa shape index (κ3) is 3.00. The highest BCUT2D eigenvalue weighted by atomic mass is 16.1. The van der Waals surface area contributed by atoms with E-state index in [1.165, 1.54) is 19.3 Å². The van der Waals surface area contributed by atoms with Gasteiger partial charge in [0, 0.05) is 17.9 Å². The number of nitrogens with two attached hydrogens (primary N) is 1. The molecule has 1 aliphatic rings. The van der Waals surface area contributed by atoms with Gasteiger partial charge in [-0.3, -0.25) is 9.78 Å². The standard InChI is InChI=1S/C14H21N3O/c1-2-10-5-3-4-6-12(10)17-14(18)13-9-11(15)7-8-16-13/h7-10,12H,2-6H2,1H3,(H2,15,16)(H,17,18). The molecule has 1 aromatic rings. The molecule has 1 amide bonds. The molecule has 1 aliphatic carbocycles. The van der Waals surface area contributed by atoms with Crippen molar-refractivity contribution in [3.8, 4) is 0 Å². The van der Waals surface area contributed by atoms with Crippen LogP contribution in [0.3, 0.4) is 0 Å². The van der Waals surface area contributed by atoms with Crippen LogP contribution in [0.4, 0.5) is 5.69 Å². The molecule has 2 rings (SSSR count). The van der Waals surface area contributed by atoms with E-state index >= 15 is 0 Å². The zero-order chi connectivity index (χ0) is 13.0. The Morgan fingerprint density at radius 3 is 3.00 bits per heavy atom. The summed E-state index contributed by atoms with van der Waals surface area (Å²) < 4.78 is 0. The maximum Gasteiger partial charge on any atom is 0.270 e. The van der Waals surface area contributed by atoms with Crippen molar-refractivity contribution >= 4 is 11.6 Å². The molecule has 0 aromatic carbocycles. The van der Waals surface area contributed by atoms with E-state index in [0.717, 1.165) is 12.8 Å². The minimum absolute atomic E-state index is 0.104. The van der Waals surface area contributed by atoms with E-state index in [4.69, 9.17) is 5.73 Å². The Labute approximate surface area is 108 Å². The van der Waals surface area contributed by atoms with Gasteiger partial charge in [-0.2, -0.15) is 0 Å². The lowest BCUT2D eigenvalue weighted by atomic mass is 9.83. The summed E-state index contributed by atoms with van der Waals surface area (Å²) >= 11 is 0. The molecule has 0 saturated heterocycles. The van der Waals surface area contributed by atoms with Gasteiger partial charge >= 0.3 is 0 Å². The largest absolute Gasteiger partial charge is 0.399 e. The molecule has 1 aromatic heterocycles. The fourth-order valence-corrected chi connectivity index (χ4v) is 2.70. The molecule has 4 heteroatoms. The van der Waals surface area contributed by atoms with Gasteiger partial charge in [-0.25, -0.2) is 0 Å². The summed E-state index contributed by atoms with van der Waals surface area (Å²) in [6, 6.07) is 3.60. The number of amides is 1. The van der Waals surface area contributed by atoms with Crippen molar-refractivity contribution in [2.45, 2.75) is 45.1 Å². The highest BCUT2D eigenvalue weighted by Crippen LogP contribution is 2.26. The number of nitrogens with zero attached hydrogens (tertiary/aromatic N) is 1. The third-order valence-corrected chi connectivity index (χ3v) is 3.77. The lowest BCUT2D eigenvalue weighted by Gasteiger charge is -2.31. The van der Waals surface area contributed by atoms with Crippen LogP contribution in [0.25, 0.3) is 0 Å². The molecule has 0 aliphatic heterocycles. The molecule has 1 heterocycles. The van der Waals surface area contributed by atoms with Crippen LogP contribution in [0.2, 0.25) is 0 Å². The first-order valence-electron chi connectivity index (χ1n) is 6.73. The van der Waals surface area contributed by atoms with E-state index in [0.29, 0.717) is 23.3 Å². The van der Waals surface area contributed by atoms with Crippen molar-refractivity contribution < 1.29 is 4.79 Å². The summed E-state index contributed by atoms with van der Waals surface area (Å²) in [6.07, 6.45) is 7.46. The molecule has 3 N–H and O–H groups in total. The van der Waals surface area contributed by atoms with Crippen molar-refractivity contribution in [3.05, 3.63) is 24.0 Å². The second-order valence-electron chi connectivity index (χ2n) is 5.01. The number of carbonyl (C=O) groups excluding carboxylic acids is 1. The average Bonchev–Trinajstić information content (AvgIpc) is 2.39. The first-order chi connectivity index (χ1) is 8.70. The number of aromatic nitrogens is 1. The monoisotopic (exact) mass is 247 g/mol. The molecule has 0 radical (unpaired) electrons. The zero-order valence-corrected chi connectivity index (χ0v) is 10.9. The van der Waals surface area contributed by atoms with E-state index in [9.17, 15) is 4.79 Å². The molecular weight excluding hydrogens is 226 g/mol. The van der Waals surface area contributed by atoms with Crippen LogP contribution in [-0.2, 0) is 0 Å². The lowest BCUT2D eigenvalue weighted by Crippen LogP contribution is -2.42. The maximum absolute atomic E-state index is 12.1. The summed E-state index contributed by atoms with van der Waals surface area (Å²) in [5.74, 6) is 0.497. The van der Waals surface area contributed by atoms with Gasteiger partial charge in [-0.1, -0.05) is 26.2 Å². The fraction of sp³-hybridized carbons (Fsp3) is 0.571. The first kappa shape index (κ1) is 12.9. The van der Waals surface area contributed by atoms with Crippen molar-refractivity contribution in [2.24, 2.45) is 5.92 Å². The van der Waals surface area contributed by atoms with E-state index in [-0.39, 0.29) is 5.91 Å². The van der Waals surface area contributed by atoms with Crippen LogP contribution in [0.15, 0.2) is 18.3 Å². The van der Waals surface area contributed by atoms with Gasteiger partial charge in [-0.15, -0.1) is 0 Å². The second-order valence-corrected chi connectivity index (χ2v) is 5.01. The van der Waals surface area contributed by atoms with Gasteiger partial charge in [0.2, 0.25) is 0 Å². The van der Waals surface area contributed by atoms with Gasteiger partial charge in [0.25, 0.3) is 5.91 Å². The van der Waals surface area contributed by atoms with Crippen LogP contribution < -0.4 is 11.1 Å². The quantitative estimate of drug-likeness (QED) is 0.861. The Kier molecular flexibility index (Phi) is 4.18. The van der Waals surface area contributed by atoms with E-state index in [1.54, 1.807) is 18.3 Å². The fourth-order valence-electron chi connectivity index (χ4n) is 2.70. The smallest absolute Gasteiger partial charge is 0.270 e. The number of rotatable bonds is 3. The molecular formula is C14H21N3O. The highest BCUT2D eigenvalue weighted by molar-refractivity contribution is 5.93. The molecule has 0 bridgehead atoms. The van der Waals surface area contributed by atoms with Gasteiger partial charge in [0.15, 0.2) is 0 Å². The molecule has 18 heavy (non-hydrogen) atoms.